The van der Waals surface area contributed by atoms with E-state index >= 15 is 0 Å². The van der Waals surface area contributed by atoms with Gasteiger partial charge in [0, 0.05) is 11.0 Å². The molecule has 1 unspecified atom stereocenters. The van der Waals surface area contributed by atoms with Crippen LogP contribution in [0.2, 0.25) is 0 Å². The van der Waals surface area contributed by atoms with Gasteiger partial charge in [-0.25, -0.2) is 0 Å². The Morgan fingerprint density at radius 1 is 1.44 bits per heavy atom. The molecule has 16 heavy (non-hydrogen) atoms. The molecule has 3 heteroatoms. The third-order valence-corrected chi connectivity index (χ3v) is 3.46. The van der Waals surface area contributed by atoms with Gasteiger partial charge in [0.15, 0.2) is 0 Å². The molecule has 1 N–H and O–H groups in total. The van der Waals surface area contributed by atoms with E-state index in [9.17, 15) is 0 Å². The molecule has 88 valence electrons. The van der Waals surface area contributed by atoms with Crippen molar-refractivity contribution in [2.75, 3.05) is 19.8 Å². The van der Waals surface area contributed by atoms with Crippen molar-refractivity contribution in [3.63, 3.8) is 0 Å². The van der Waals surface area contributed by atoms with E-state index in [2.05, 4.69) is 53.3 Å². The van der Waals surface area contributed by atoms with E-state index in [0.29, 0.717) is 12.0 Å². The minimum Gasteiger partial charge on any atom is -0.378 e. The maximum atomic E-state index is 5.53. The number of hydrogen-bond donors (Lipinski definition) is 1. The van der Waals surface area contributed by atoms with Gasteiger partial charge in [-0.05, 0) is 29.2 Å². The number of hydrogen-bond acceptors (Lipinski definition) is 2. The third kappa shape index (κ3) is 2.65. The number of nitrogens with one attached hydrogen (secondary N) is 1. The lowest BCUT2D eigenvalue weighted by Gasteiger charge is -2.27. The van der Waals surface area contributed by atoms with Gasteiger partial charge in [0.1, 0.15) is 0 Å². The van der Waals surface area contributed by atoms with Gasteiger partial charge in [-0.2, -0.15) is 0 Å². The van der Waals surface area contributed by atoms with E-state index in [1.807, 2.05) is 0 Å². The van der Waals surface area contributed by atoms with E-state index in [4.69, 9.17) is 4.74 Å². The Balaban J connectivity index is 2.32. The summed E-state index contributed by atoms with van der Waals surface area (Å²) in [5, 5.41) is 3.51. The van der Waals surface area contributed by atoms with Crippen molar-refractivity contribution in [1.82, 2.24) is 5.32 Å². The molecular formula is C13H18BrNO. The van der Waals surface area contributed by atoms with Crippen LogP contribution in [0.5, 0.6) is 0 Å². The monoisotopic (exact) mass is 283 g/mol. The van der Waals surface area contributed by atoms with E-state index in [0.717, 1.165) is 24.2 Å². The normalized spacial score (nSPS) is 21.4. The highest BCUT2D eigenvalue weighted by atomic mass is 79.9. The summed E-state index contributed by atoms with van der Waals surface area (Å²) in [7, 11) is 0. The Labute approximate surface area is 106 Å². The zero-order valence-corrected chi connectivity index (χ0v) is 11.4. The molecule has 1 heterocycles. The molecule has 1 aliphatic heterocycles. The Hall–Kier alpha value is -0.380. The molecule has 2 rings (SSSR count). The van der Waals surface area contributed by atoms with Crippen LogP contribution >= 0.6 is 15.9 Å². The van der Waals surface area contributed by atoms with Gasteiger partial charge in [-0.3, -0.25) is 0 Å². The van der Waals surface area contributed by atoms with Gasteiger partial charge >= 0.3 is 0 Å². The topological polar surface area (TPSA) is 21.3 Å². The molecule has 1 aliphatic rings. The second kappa shape index (κ2) is 5.30. The summed E-state index contributed by atoms with van der Waals surface area (Å²) in [6.07, 6.45) is 0. The second-order valence-corrected chi connectivity index (χ2v) is 5.43. The lowest BCUT2D eigenvalue weighted by Crippen LogP contribution is -2.35. The molecule has 0 aromatic heterocycles. The van der Waals surface area contributed by atoms with Crippen LogP contribution in [0.1, 0.15) is 36.9 Å². The minimum atomic E-state index is 0.337. The highest BCUT2D eigenvalue weighted by Crippen LogP contribution is 2.29. The predicted molar refractivity (Wildman–Crippen MR) is 69.8 cm³/mol. The Kier molecular flexibility index (Phi) is 4.00. The molecule has 1 saturated heterocycles. The number of benzene rings is 1. The predicted octanol–water partition coefficient (Wildman–Crippen LogP) is 3.23. The molecule has 1 fully saturated rings. The first-order valence-electron chi connectivity index (χ1n) is 5.79. The molecular weight excluding hydrogens is 266 g/mol. The fraction of sp³-hybridized carbons (Fsp3) is 0.538. The summed E-state index contributed by atoms with van der Waals surface area (Å²) < 4.78 is 6.67. The first-order valence-corrected chi connectivity index (χ1v) is 6.58. The summed E-state index contributed by atoms with van der Waals surface area (Å²) in [5.41, 5.74) is 2.77. The van der Waals surface area contributed by atoms with Crippen LogP contribution in [-0.4, -0.2) is 19.8 Å². The Morgan fingerprint density at radius 2 is 2.25 bits per heavy atom. The fourth-order valence-electron chi connectivity index (χ4n) is 2.14. The molecule has 0 amide bonds. The van der Waals surface area contributed by atoms with Gasteiger partial charge in [0.25, 0.3) is 0 Å². The van der Waals surface area contributed by atoms with E-state index in [1.54, 1.807) is 0 Å². The van der Waals surface area contributed by atoms with Crippen molar-refractivity contribution in [3.8, 4) is 0 Å². The molecule has 0 spiro atoms. The first-order chi connectivity index (χ1) is 7.68. The maximum absolute atomic E-state index is 5.53. The average molecular weight is 284 g/mol. The lowest BCUT2D eigenvalue weighted by molar-refractivity contribution is 0.0765. The van der Waals surface area contributed by atoms with Gasteiger partial charge in [-0.15, -0.1) is 0 Å². The third-order valence-electron chi connectivity index (χ3n) is 2.97. The molecule has 1 atom stereocenters. The zero-order valence-electron chi connectivity index (χ0n) is 9.79. The van der Waals surface area contributed by atoms with E-state index in [-0.39, 0.29) is 0 Å². The zero-order chi connectivity index (χ0) is 11.5. The quantitative estimate of drug-likeness (QED) is 0.900. The highest BCUT2D eigenvalue weighted by molar-refractivity contribution is 9.10. The second-order valence-electron chi connectivity index (χ2n) is 4.51. The van der Waals surface area contributed by atoms with Crippen molar-refractivity contribution in [1.29, 1.82) is 0 Å². The van der Waals surface area contributed by atoms with Crippen LogP contribution in [0.25, 0.3) is 0 Å². The van der Waals surface area contributed by atoms with Gasteiger partial charge in [-0.1, -0.05) is 35.8 Å². The minimum absolute atomic E-state index is 0.337. The van der Waals surface area contributed by atoms with Gasteiger partial charge in [0.2, 0.25) is 0 Å². The smallest absolute Gasteiger partial charge is 0.0662 e. The maximum Gasteiger partial charge on any atom is 0.0662 e. The molecule has 1 aromatic rings. The summed E-state index contributed by atoms with van der Waals surface area (Å²) in [6, 6.07) is 6.87. The molecule has 1 aromatic carbocycles. The summed E-state index contributed by atoms with van der Waals surface area (Å²) >= 11 is 3.54. The number of halogens is 1. The lowest BCUT2D eigenvalue weighted by atomic mass is 9.93. The first kappa shape index (κ1) is 12.1. The van der Waals surface area contributed by atoms with Crippen LogP contribution in [0.15, 0.2) is 22.7 Å². The van der Waals surface area contributed by atoms with Crippen molar-refractivity contribution in [2.24, 2.45) is 0 Å². The standard InChI is InChI=1S/C13H18BrNO/c1-9(2)11-4-3-10(14)7-12(11)13-8-16-6-5-15-13/h3-4,7,9,13,15H,5-6,8H2,1-2H3. The molecule has 2 nitrogen and oxygen atoms in total. The summed E-state index contributed by atoms with van der Waals surface area (Å²) in [6.45, 7) is 7.00. The van der Waals surface area contributed by atoms with Gasteiger partial charge in [0.05, 0.1) is 19.3 Å². The summed E-state index contributed by atoms with van der Waals surface area (Å²) in [4.78, 5) is 0. The van der Waals surface area contributed by atoms with E-state index in [1.165, 1.54) is 11.1 Å². The highest BCUT2D eigenvalue weighted by Gasteiger charge is 2.19. The fourth-order valence-corrected chi connectivity index (χ4v) is 2.52. The number of morpholine rings is 1. The van der Waals surface area contributed by atoms with Crippen LogP contribution in [0.3, 0.4) is 0 Å². The van der Waals surface area contributed by atoms with Crippen LogP contribution in [0, 0.1) is 0 Å². The molecule has 0 aliphatic carbocycles. The molecule has 0 bridgehead atoms. The summed E-state index contributed by atoms with van der Waals surface area (Å²) in [5.74, 6) is 0.548. The number of ether oxygens (including phenoxy) is 1. The average Bonchev–Trinajstić information content (AvgIpc) is 2.29. The van der Waals surface area contributed by atoms with Crippen molar-refractivity contribution >= 4 is 15.9 Å². The largest absolute Gasteiger partial charge is 0.378 e. The molecule has 0 radical (unpaired) electrons. The molecule has 0 saturated carbocycles. The van der Waals surface area contributed by atoms with Crippen molar-refractivity contribution < 1.29 is 4.74 Å². The Bertz CT molecular complexity index is 359. The van der Waals surface area contributed by atoms with E-state index < -0.39 is 0 Å². The van der Waals surface area contributed by atoms with Crippen LogP contribution in [0.4, 0.5) is 0 Å². The van der Waals surface area contributed by atoms with Crippen LogP contribution < -0.4 is 5.32 Å². The van der Waals surface area contributed by atoms with Gasteiger partial charge < -0.3 is 10.1 Å². The van der Waals surface area contributed by atoms with Crippen LogP contribution in [-0.2, 0) is 4.74 Å². The van der Waals surface area contributed by atoms with Crippen molar-refractivity contribution in [2.45, 2.75) is 25.8 Å². The van der Waals surface area contributed by atoms with Crippen molar-refractivity contribution in [3.05, 3.63) is 33.8 Å². The number of rotatable bonds is 2. The Morgan fingerprint density at radius 3 is 2.88 bits per heavy atom. The SMILES string of the molecule is CC(C)c1ccc(Br)cc1C1COCCN1.